The second-order valence-electron chi connectivity index (χ2n) is 23.8. The van der Waals surface area contributed by atoms with Crippen molar-refractivity contribution in [3.8, 4) is 0 Å². The Morgan fingerprint density at radius 3 is 2.05 bits per heavy atom. The fourth-order valence-electron chi connectivity index (χ4n) is 13.5. The lowest BCUT2D eigenvalue weighted by Crippen LogP contribution is -2.82. The number of rotatable bonds is 19. The van der Waals surface area contributed by atoms with Crippen LogP contribution < -0.4 is 21.9 Å². The van der Waals surface area contributed by atoms with E-state index in [1.165, 1.54) is 57.5 Å². The Hall–Kier alpha value is -7.87. The quantitative estimate of drug-likeness (QED) is 0.0338. The second kappa shape index (κ2) is 25.5. The second-order valence-corrected chi connectivity index (χ2v) is 23.8. The zero-order chi connectivity index (χ0) is 62.9. The number of aliphatic hydroxyl groups is 4. The van der Waals surface area contributed by atoms with Gasteiger partial charge in [-0.05, 0) is 81.0 Å². The summed E-state index contributed by atoms with van der Waals surface area (Å²) in [5, 5.41) is 51.5. The monoisotopic (exact) mass is 1210 g/mol. The van der Waals surface area contributed by atoms with Crippen molar-refractivity contribution >= 4 is 41.7 Å². The molecule has 24 nitrogen and oxygen atoms in total. The Morgan fingerprint density at radius 2 is 1.45 bits per heavy atom. The van der Waals surface area contributed by atoms with Gasteiger partial charge < -0.3 is 64.2 Å². The third-order valence-electron chi connectivity index (χ3n) is 18.1. The van der Waals surface area contributed by atoms with E-state index in [0.29, 0.717) is 24.8 Å². The lowest BCUT2D eigenvalue weighted by atomic mass is 9.44. The summed E-state index contributed by atoms with van der Waals surface area (Å²) in [4.78, 5) is 127. The van der Waals surface area contributed by atoms with Crippen molar-refractivity contribution in [3.63, 3.8) is 0 Å². The number of unbranched alkanes of at least 4 members (excludes halogenated alkanes) is 2. The van der Waals surface area contributed by atoms with Crippen LogP contribution in [0.4, 0.5) is 4.79 Å². The van der Waals surface area contributed by atoms with E-state index in [9.17, 15) is 58.8 Å². The normalized spacial score (nSPS) is 29.5. The number of ketones is 1. The molecule has 2 bridgehead atoms. The molecule has 2 aliphatic heterocycles. The number of hydrogen-bond donors (Lipinski definition) is 6. The average Bonchev–Trinajstić information content (AvgIpc) is 0.907. The van der Waals surface area contributed by atoms with Crippen molar-refractivity contribution < 1.29 is 87.1 Å². The van der Waals surface area contributed by atoms with Crippen LogP contribution in [0.3, 0.4) is 0 Å². The first-order chi connectivity index (χ1) is 41.3. The topological polar surface area (TPSA) is 333 Å². The Bertz CT molecular complexity index is 3420. The molecule has 3 aromatic carbocycles. The van der Waals surface area contributed by atoms with Crippen molar-refractivity contribution in [1.29, 1.82) is 0 Å². The minimum atomic E-state index is -2.54. The maximum Gasteiger partial charge on any atom is 0.407 e. The van der Waals surface area contributed by atoms with Crippen molar-refractivity contribution in [2.24, 2.45) is 16.7 Å². The van der Waals surface area contributed by atoms with E-state index in [0.717, 1.165) is 18.4 Å². The van der Waals surface area contributed by atoms with Gasteiger partial charge in [-0.3, -0.25) is 33.1 Å². The summed E-state index contributed by atoms with van der Waals surface area (Å²) >= 11 is 0. The zero-order valence-electron chi connectivity index (χ0n) is 49.4. The number of aryl methyl sites for hydroxylation is 1. The van der Waals surface area contributed by atoms with Crippen LogP contribution in [0, 0.1) is 23.7 Å². The number of nitrogens with one attached hydrogen (secondary N) is 2. The van der Waals surface area contributed by atoms with Gasteiger partial charge in [0.05, 0.1) is 42.3 Å². The predicted molar refractivity (Wildman–Crippen MR) is 305 cm³/mol. The number of esters is 4. The molecule has 24 heteroatoms. The lowest BCUT2D eigenvalue weighted by Gasteiger charge is -2.67. The van der Waals surface area contributed by atoms with Crippen LogP contribution in [0.1, 0.15) is 124 Å². The fourth-order valence-corrected chi connectivity index (χ4v) is 13.5. The maximum absolute atomic E-state index is 16.4. The molecule has 2 saturated heterocycles. The van der Waals surface area contributed by atoms with E-state index in [-0.39, 0.29) is 53.8 Å². The summed E-state index contributed by atoms with van der Waals surface area (Å²) in [6.07, 6.45) is -12.9. The van der Waals surface area contributed by atoms with E-state index in [4.69, 9.17) is 33.2 Å². The smallest absolute Gasteiger partial charge is 0.407 e. The van der Waals surface area contributed by atoms with Crippen LogP contribution in [0.2, 0.25) is 0 Å². The predicted octanol–water partition coefficient (Wildman–Crippen LogP) is 3.61. The summed E-state index contributed by atoms with van der Waals surface area (Å²) in [6.45, 7) is 8.71. The van der Waals surface area contributed by atoms with E-state index in [2.05, 4.69) is 10.6 Å². The number of alkyl carbamates (subject to hydrolysis) is 1. The van der Waals surface area contributed by atoms with Gasteiger partial charge in [0.2, 0.25) is 0 Å². The molecule has 1 aromatic heterocycles. The van der Waals surface area contributed by atoms with Gasteiger partial charge in [0, 0.05) is 68.9 Å². The molecule has 87 heavy (non-hydrogen) atoms. The Kier molecular flexibility index (Phi) is 18.6. The number of amides is 2. The summed E-state index contributed by atoms with van der Waals surface area (Å²) in [7, 11) is 0. The van der Waals surface area contributed by atoms with Crippen LogP contribution in [0.25, 0.3) is 0 Å². The number of nitrogens with zero attached hydrogens (tertiary/aromatic N) is 2. The first-order valence-corrected chi connectivity index (χ1v) is 29.0. The molecule has 0 spiro atoms. The van der Waals surface area contributed by atoms with Gasteiger partial charge in [-0.15, -0.1) is 0 Å². The molecule has 0 radical (unpaired) electrons. The molecule has 2 saturated carbocycles. The number of aromatic nitrogens is 2. The highest BCUT2D eigenvalue weighted by Gasteiger charge is 2.79. The third kappa shape index (κ3) is 12.0. The van der Waals surface area contributed by atoms with Crippen molar-refractivity contribution in [3.05, 3.63) is 151 Å². The van der Waals surface area contributed by atoms with Crippen molar-refractivity contribution in [2.45, 2.75) is 166 Å². The van der Waals surface area contributed by atoms with Crippen molar-refractivity contribution in [2.75, 3.05) is 19.8 Å². The highest BCUT2D eigenvalue weighted by molar-refractivity contribution is 5.96. The molecule has 14 atom stereocenters. The minimum Gasteiger partial charge on any atom is -0.456 e. The summed E-state index contributed by atoms with van der Waals surface area (Å²) in [5.41, 5.74) is -8.94. The van der Waals surface area contributed by atoms with E-state index < -0.39 is 162 Å². The number of benzene rings is 3. The third-order valence-corrected chi connectivity index (χ3v) is 18.1. The molecule has 3 heterocycles. The van der Waals surface area contributed by atoms with Crippen LogP contribution in [-0.2, 0) is 58.9 Å². The molecule has 2 amide bonds. The maximum atomic E-state index is 16.4. The van der Waals surface area contributed by atoms with Gasteiger partial charge in [0.1, 0.15) is 42.3 Å². The standard InChI is InChI=1S/C63H74N4O20/c1-34-31-67(46-28-41(71)43(32-68)83-46)59(79)66(55(34)75)27-19-11-18-26-64-58(78)85-44-29-45-62(33-81-45,87-37(4)70)51-53(86-56(76)40-24-16-10-17-25-40)63(80)30-42(35(2)47(60(63,5)6)50(82-36(3)69)52(73)61(44,51)7)84-57(77)49(72)48(38-20-12-8-13-21-38)65-54(74)39-22-14-9-15-23-39/h8-10,12-17,20-25,31,41-46,48-51,53,68,71-72,80H,11,18-19,26-30,32-33H2,1-7H3,(H,64,78)(H,65,74)/t41-,42-,43+,44-,45+,46+,48-,49+,50+,51-,53-,61?,62-,63+/m0/s1. The SMILES string of the molecule is CC(=O)O[C@H]1C(=O)C2(C)[C@@H](OC(=O)NCCCCCn3c(=O)c(C)cn([C@H]4C[C@H](O)[C@@H](CO)O4)c3=O)C[C@H]3OC[C@@]3(OC(C)=O)[C@H]2[C@H](OC(=O)c2ccccc2)[C@]2(O)C[C@H](OC(=O)[C@H](O)[C@@H](NC(=O)c3ccccc3)c3ccccc3)C(C)=C1C2(C)C. The number of aliphatic hydroxyl groups excluding tert-OH is 3. The minimum absolute atomic E-state index is 0.00419. The van der Waals surface area contributed by atoms with Gasteiger partial charge in [-0.1, -0.05) is 80.6 Å². The molecule has 6 N–H and O–H groups in total. The van der Waals surface area contributed by atoms with Gasteiger partial charge >= 0.3 is 35.7 Å². The van der Waals surface area contributed by atoms with Crippen LogP contribution in [0.15, 0.2) is 118 Å². The molecule has 5 aliphatic rings. The molecule has 4 aromatic rings. The van der Waals surface area contributed by atoms with Gasteiger partial charge in [0.25, 0.3) is 11.5 Å². The van der Waals surface area contributed by atoms with Gasteiger partial charge in [-0.25, -0.2) is 19.2 Å². The van der Waals surface area contributed by atoms with E-state index >= 15 is 4.79 Å². The average molecular weight is 1210 g/mol. The number of Topliss-reactive ketones (excluding diaryl/α,β-unsaturated/α-hetero) is 1. The Morgan fingerprint density at radius 1 is 0.805 bits per heavy atom. The first kappa shape index (κ1) is 63.6. The highest BCUT2D eigenvalue weighted by Crippen LogP contribution is 2.65. The molecule has 4 fully saturated rings. The van der Waals surface area contributed by atoms with Crippen LogP contribution in [0.5, 0.6) is 0 Å². The number of hydrogen-bond acceptors (Lipinski definition) is 20. The summed E-state index contributed by atoms with van der Waals surface area (Å²) in [6, 6.07) is 22.5. The molecule has 1 unspecified atom stereocenters. The molecule has 3 aliphatic carbocycles. The van der Waals surface area contributed by atoms with Gasteiger partial charge in [-0.2, -0.15) is 0 Å². The first-order valence-electron chi connectivity index (χ1n) is 29.0. The molecule has 466 valence electrons. The number of ether oxygens (including phenoxy) is 7. The number of fused-ring (bicyclic) bond motifs is 5. The van der Waals surface area contributed by atoms with E-state index in [1.807, 2.05) is 0 Å². The van der Waals surface area contributed by atoms with Crippen LogP contribution >= 0.6 is 0 Å². The highest BCUT2D eigenvalue weighted by atomic mass is 16.6. The summed E-state index contributed by atoms with van der Waals surface area (Å²) < 4.78 is 45.4. The van der Waals surface area contributed by atoms with Gasteiger partial charge in [0.15, 0.2) is 23.6 Å². The largest absolute Gasteiger partial charge is 0.456 e. The molecular weight excluding hydrogens is 1130 g/mol. The Labute approximate surface area is 500 Å². The molecule has 9 rings (SSSR count). The van der Waals surface area contributed by atoms with Crippen LogP contribution in [-0.4, -0.2) is 151 Å². The van der Waals surface area contributed by atoms with E-state index in [1.54, 1.807) is 78.9 Å². The number of carbonyl (C=O) groups is 7. The summed E-state index contributed by atoms with van der Waals surface area (Å²) in [5.74, 6) is -7.45. The zero-order valence-corrected chi connectivity index (χ0v) is 49.4. The molecular formula is C63H74N4O20. The Balaban J connectivity index is 1.05. The number of carbonyl (C=O) groups excluding carboxylic acids is 7. The fraction of sp³-hybridized carbons (Fsp3) is 0.508. The lowest BCUT2D eigenvalue weighted by molar-refractivity contribution is -0.345. The van der Waals surface area contributed by atoms with Crippen molar-refractivity contribution in [1.82, 2.24) is 19.8 Å².